The summed E-state index contributed by atoms with van der Waals surface area (Å²) in [4.78, 5) is 16.4. The van der Waals surface area contributed by atoms with Gasteiger partial charge in [-0.2, -0.15) is 0 Å². The van der Waals surface area contributed by atoms with Gasteiger partial charge in [0.25, 0.3) is 0 Å². The van der Waals surface area contributed by atoms with Crippen molar-refractivity contribution in [2.45, 2.75) is 13.0 Å². The Morgan fingerprint density at radius 1 is 0.913 bits per heavy atom. The third-order valence-corrected chi connectivity index (χ3v) is 4.21. The van der Waals surface area contributed by atoms with Crippen LogP contribution in [0.3, 0.4) is 0 Å². The van der Waals surface area contributed by atoms with Gasteiger partial charge >= 0.3 is 6.09 Å². The van der Waals surface area contributed by atoms with Gasteiger partial charge in [-0.15, -0.1) is 0 Å². The minimum absolute atomic E-state index is 0.226. The predicted molar refractivity (Wildman–Crippen MR) is 91.6 cm³/mol. The molecule has 1 amide bonds. The Hall–Kier alpha value is -2.49. The molecule has 1 aliphatic rings. The van der Waals surface area contributed by atoms with E-state index >= 15 is 0 Å². The molecular formula is C19H22N2O2. The van der Waals surface area contributed by atoms with E-state index in [0.29, 0.717) is 13.1 Å². The Morgan fingerprint density at radius 3 is 2.09 bits per heavy atom. The summed E-state index contributed by atoms with van der Waals surface area (Å²) in [7, 11) is 0. The number of hydrogen-bond acceptors (Lipinski definition) is 3. The topological polar surface area (TPSA) is 32.8 Å². The van der Waals surface area contributed by atoms with Crippen LogP contribution < -0.4 is 4.90 Å². The predicted octanol–water partition coefficient (Wildman–Crippen LogP) is 3.71. The van der Waals surface area contributed by atoms with Crippen molar-refractivity contribution in [1.29, 1.82) is 0 Å². The van der Waals surface area contributed by atoms with E-state index in [4.69, 9.17) is 4.74 Å². The number of carbonyl (C=O) groups excluding carboxylic acids is 1. The molecule has 2 aromatic rings. The van der Waals surface area contributed by atoms with Gasteiger partial charge < -0.3 is 14.5 Å². The van der Waals surface area contributed by atoms with E-state index in [-0.39, 0.29) is 12.2 Å². The quantitative estimate of drug-likeness (QED) is 0.866. The minimum Gasteiger partial charge on any atom is -0.442 e. The van der Waals surface area contributed by atoms with Gasteiger partial charge in [-0.1, -0.05) is 48.5 Å². The van der Waals surface area contributed by atoms with Gasteiger partial charge in [-0.05, 0) is 24.6 Å². The van der Waals surface area contributed by atoms with Crippen LogP contribution in [0.5, 0.6) is 0 Å². The van der Waals surface area contributed by atoms with Gasteiger partial charge in [-0.25, -0.2) is 4.79 Å². The van der Waals surface area contributed by atoms with Gasteiger partial charge in [0, 0.05) is 31.9 Å². The SMILES string of the molecule is CC(OC(=O)N1CCN(c2ccccc2)CC1)c1ccccc1. The number of para-hydroxylation sites is 1. The maximum Gasteiger partial charge on any atom is 0.410 e. The summed E-state index contributed by atoms with van der Waals surface area (Å²) in [6.45, 7) is 4.95. The Balaban J connectivity index is 1.52. The zero-order valence-corrected chi connectivity index (χ0v) is 13.4. The number of anilines is 1. The molecular weight excluding hydrogens is 288 g/mol. The van der Waals surface area contributed by atoms with E-state index in [2.05, 4.69) is 17.0 Å². The van der Waals surface area contributed by atoms with E-state index in [1.165, 1.54) is 5.69 Å². The molecule has 1 fully saturated rings. The average molecular weight is 310 g/mol. The highest BCUT2D eigenvalue weighted by Crippen LogP contribution is 2.19. The molecule has 23 heavy (non-hydrogen) atoms. The van der Waals surface area contributed by atoms with Crippen LogP contribution in [0.2, 0.25) is 0 Å². The summed E-state index contributed by atoms with van der Waals surface area (Å²) in [5.41, 5.74) is 2.22. The highest BCUT2D eigenvalue weighted by Gasteiger charge is 2.23. The van der Waals surface area contributed by atoms with E-state index < -0.39 is 0 Å². The molecule has 120 valence electrons. The minimum atomic E-state index is -0.228. The molecule has 0 radical (unpaired) electrons. The Labute approximate surface area is 137 Å². The van der Waals surface area contributed by atoms with Crippen LogP contribution in [0.25, 0.3) is 0 Å². The fraction of sp³-hybridized carbons (Fsp3) is 0.316. The smallest absolute Gasteiger partial charge is 0.410 e. The number of rotatable bonds is 3. The van der Waals surface area contributed by atoms with E-state index in [0.717, 1.165) is 18.7 Å². The fourth-order valence-electron chi connectivity index (χ4n) is 2.80. The number of nitrogens with zero attached hydrogens (tertiary/aromatic N) is 2. The maximum absolute atomic E-state index is 12.3. The third kappa shape index (κ3) is 3.83. The van der Waals surface area contributed by atoms with Crippen LogP contribution in [0.15, 0.2) is 60.7 Å². The van der Waals surface area contributed by atoms with Crippen molar-refractivity contribution in [2.24, 2.45) is 0 Å². The van der Waals surface area contributed by atoms with E-state index in [9.17, 15) is 4.79 Å². The molecule has 1 saturated heterocycles. The standard InChI is InChI=1S/C19H22N2O2/c1-16(17-8-4-2-5-9-17)23-19(22)21-14-12-20(13-15-21)18-10-6-3-7-11-18/h2-11,16H,12-15H2,1H3. The zero-order chi connectivity index (χ0) is 16.1. The molecule has 1 unspecified atom stereocenters. The van der Waals surface area contributed by atoms with Crippen LogP contribution in [0.4, 0.5) is 10.5 Å². The van der Waals surface area contributed by atoms with E-state index in [1.807, 2.05) is 55.5 Å². The summed E-state index contributed by atoms with van der Waals surface area (Å²) >= 11 is 0. The molecule has 4 heteroatoms. The highest BCUT2D eigenvalue weighted by molar-refractivity contribution is 5.68. The molecule has 1 heterocycles. The van der Waals surface area contributed by atoms with Crippen molar-refractivity contribution in [2.75, 3.05) is 31.1 Å². The molecule has 0 spiro atoms. The van der Waals surface area contributed by atoms with Crippen molar-refractivity contribution in [1.82, 2.24) is 4.90 Å². The number of hydrogen-bond donors (Lipinski definition) is 0. The van der Waals surface area contributed by atoms with Crippen LogP contribution in [-0.2, 0) is 4.74 Å². The molecule has 2 aromatic carbocycles. The van der Waals surface area contributed by atoms with Gasteiger partial charge in [0.2, 0.25) is 0 Å². The first-order valence-electron chi connectivity index (χ1n) is 8.04. The monoisotopic (exact) mass is 310 g/mol. The second-order valence-electron chi connectivity index (χ2n) is 5.75. The van der Waals surface area contributed by atoms with Crippen LogP contribution in [0.1, 0.15) is 18.6 Å². The lowest BCUT2D eigenvalue weighted by Gasteiger charge is -2.36. The number of benzene rings is 2. The molecule has 1 aliphatic heterocycles. The second-order valence-corrected chi connectivity index (χ2v) is 5.75. The Bertz CT molecular complexity index is 622. The molecule has 0 saturated carbocycles. The molecule has 4 nitrogen and oxygen atoms in total. The first-order chi connectivity index (χ1) is 11.2. The number of piperazine rings is 1. The maximum atomic E-state index is 12.3. The van der Waals surface area contributed by atoms with Crippen LogP contribution in [-0.4, -0.2) is 37.2 Å². The zero-order valence-electron chi connectivity index (χ0n) is 13.4. The largest absolute Gasteiger partial charge is 0.442 e. The Morgan fingerprint density at radius 2 is 1.48 bits per heavy atom. The number of ether oxygens (including phenoxy) is 1. The molecule has 3 rings (SSSR count). The molecule has 0 aromatic heterocycles. The van der Waals surface area contributed by atoms with Gasteiger partial charge in [-0.3, -0.25) is 0 Å². The number of amides is 1. The van der Waals surface area contributed by atoms with Crippen LogP contribution >= 0.6 is 0 Å². The van der Waals surface area contributed by atoms with Crippen molar-refractivity contribution in [3.8, 4) is 0 Å². The first kappa shape index (κ1) is 15.4. The molecule has 0 N–H and O–H groups in total. The molecule has 0 bridgehead atoms. The molecule has 0 aliphatic carbocycles. The summed E-state index contributed by atoms with van der Waals surface area (Å²) in [6, 6.07) is 20.1. The third-order valence-electron chi connectivity index (χ3n) is 4.21. The van der Waals surface area contributed by atoms with Crippen molar-refractivity contribution in [3.05, 3.63) is 66.2 Å². The van der Waals surface area contributed by atoms with Crippen molar-refractivity contribution < 1.29 is 9.53 Å². The Kier molecular flexibility index (Phi) is 4.81. The summed E-state index contributed by atoms with van der Waals surface area (Å²) in [5.74, 6) is 0. The lowest BCUT2D eigenvalue weighted by atomic mass is 10.1. The number of carbonyl (C=O) groups is 1. The van der Waals surface area contributed by atoms with Crippen molar-refractivity contribution >= 4 is 11.8 Å². The average Bonchev–Trinajstić information content (AvgIpc) is 2.63. The fourth-order valence-corrected chi connectivity index (χ4v) is 2.80. The second kappa shape index (κ2) is 7.18. The van der Waals surface area contributed by atoms with Gasteiger partial charge in [0.15, 0.2) is 0 Å². The lowest BCUT2D eigenvalue weighted by Crippen LogP contribution is -2.49. The lowest BCUT2D eigenvalue weighted by molar-refractivity contribution is 0.0680. The van der Waals surface area contributed by atoms with Gasteiger partial charge in [0.1, 0.15) is 6.10 Å². The first-order valence-corrected chi connectivity index (χ1v) is 8.04. The summed E-state index contributed by atoms with van der Waals surface area (Å²) in [5, 5.41) is 0. The van der Waals surface area contributed by atoms with E-state index in [1.54, 1.807) is 4.90 Å². The van der Waals surface area contributed by atoms with Gasteiger partial charge in [0.05, 0.1) is 0 Å². The van der Waals surface area contributed by atoms with Crippen molar-refractivity contribution in [3.63, 3.8) is 0 Å². The highest BCUT2D eigenvalue weighted by atomic mass is 16.6. The summed E-state index contributed by atoms with van der Waals surface area (Å²) in [6.07, 6.45) is -0.454. The normalized spacial score (nSPS) is 16.0. The van der Waals surface area contributed by atoms with Crippen LogP contribution in [0, 0.1) is 0 Å². The molecule has 1 atom stereocenters. The summed E-state index contributed by atoms with van der Waals surface area (Å²) < 4.78 is 5.59.